The third-order valence-electron chi connectivity index (χ3n) is 6.02. The Morgan fingerprint density at radius 3 is 2.18 bits per heavy atom. The quantitative estimate of drug-likeness (QED) is 0.478. The van der Waals surface area contributed by atoms with Gasteiger partial charge in [-0.05, 0) is 30.7 Å². The average molecular weight is 372 g/mol. The standard InChI is InChI=1S/C23H20N2O3/c1-13-20(14-8-4-6-10-17(14)24(13)2)16-12-19(26)28-22-15-9-5-7-11-18(15)25(3)23(27)21(16)22/h4-11,16H,12H2,1-3H3/t16-/m0/s1. The molecule has 4 aromatic rings. The highest BCUT2D eigenvalue weighted by Gasteiger charge is 2.36. The Morgan fingerprint density at radius 1 is 0.857 bits per heavy atom. The van der Waals surface area contributed by atoms with Gasteiger partial charge in [0, 0.05) is 42.0 Å². The molecular formula is C23H20N2O3. The number of carbonyl (C=O) groups excluding carboxylic acids is 1. The number of ether oxygens (including phenoxy) is 1. The SMILES string of the molecule is Cc1c([C@@H]2CC(=O)Oc3c2c(=O)n(C)c2ccccc32)c2ccccc2n1C. The first-order valence-corrected chi connectivity index (χ1v) is 9.35. The van der Waals surface area contributed by atoms with E-state index in [9.17, 15) is 9.59 Å². The lowest BCUT2D eigenvalue weighted by Crippen LogP contribution is -2.31. The molecule has 1 atom stereocenters. The molecule has 2 aromatic carbocycles. The van der Waals surface area contributed by atoms with E-state index < -0.39 is 0 Å². The van der Waals surface area contributed by atoms with Crippen LogP contribution in [-0.2, 0) is 18.9 Å². The fraction of sp³-hybridized carbons (Fsp3) is 0.217. The maximum atomic E-state index is 13.3. The number of para-hydroxylation sites is 2. The van der Waals surface area contributed by atoms with E-state index in [1.165, 1.54) is 0 Å². The van der Waals surface area contributed by atoms with Gasteiger partial charge in [-0.3, -0.25) is 9.59 Å². The third-order valence-corrected chi connectivity index (χ3v) is 6.02. The first-order valence-electron chi connectivity index (χ1n) is 9.35. The van der Waals surface area contributed by atoms with Gasteiger partial charge in [0.2, 0.25) is 0 Å². The smallest absolute Gasteiger partial charge is 0.312 e. The molecule has 5 nitrogen and oxygen atoms in total. The monoisotopic (exact) mass is 372 g/mol. The topological polar surface area (TPSA) is 53.2 Å². The van der Waals surface area contributed by atoms with E-state index in [0.717, 1.165) is 33.1 Å². The fourth-order valence-electron chi connectivity index (χ4n) is 4.57. The summed E-state index contributed by atoms with van der Waals surface area (Å²) in [6.07, 6.45) is 0.162. The first kappa shape index (κ1) is 16.8. The highest BCUT2D eigenvalue weighted by atomic mass is 16.5. The molecule has 0 saturated heterocycles. The largest absolute Gasteiger partial charge is 0.425 e. The van der Waals surface area contributed by atoms with Crippen molar-refractivity contribution in [2.24, 2.45) is 14.1 Å². The number of hydrogen-bond acceptors (Lipinski definition) is 3. The first-order chi connectivity index (χ1) is 13.5. The summed E-state index contributed by atoms with van der Waals surface area (Å²) in [5, 5.41) is 1.86. The zero-order valence-electron chi connectivity index (χ0n) is 16.0. The van der Waals surface area contributed by atoms with Crippen LogP contribution in [0.1, 0.15) is 29.2 Å². The van der Waals surface area contributed by atoms with Gasteiger partial charge in [0.15, 0.2) is 0 Å². The van der Waals surface area contributed by atoms with Gasteiger partial charge in [-0.2, -0.15) is 0 Å². The molecule has 5 heteroatoms. The molecule has 0 bridgehead atoms. The number of aryl methyl sites for hydroxylation is 2. The van der Waals surface area contributed by atoms with Crippen molar-refractivity contribution in [3.8, 4) is 5.75 Å². The Morgan fingerprint density at radius 2 is 1.46 bits per heavy atom. The summed E-state index contributed by atoms with van der Waals surface area (Å²) in [7, 11) is 3.79. The number of carbonyl (C=O) groups is 1. The Balaban J connectivity index is 1.91. The van der Waals surface area contributed by atoms with Crippen molar-refractivity contribution in [1.82, 2.24) is 9.13 Å². The van der Waals surface area contributed by atoms with E-state index in [4.69, 9.17) is 4.74 Å². The molecule has 1 aliphatic rings. The number of fused-ring (bicyclic) bond motifs is 4. The molecule has 0 unspecified atom stereocenters. The van der Waals surface area contributed by atoms with Crippen molar-refractivity contribution in [2.45, 2.75) is 19.3 Å². The lowest BCUT2D eigenvalue weighted by Gasteiger charge is -2.26. The molecule has 140 valence electrons. The highest BCUT2D eigenvalue weighted by molar-refractivity contribution is 5.94. The molecule has 5 rings (SSSR count). The van der Waals surface area contributed by atoms with Crippen LogP contribution in [0, 0.1) is 6.92 Å². The van der Waals surface area contributed by atoms with E-state index in [-0.39, 0.29) is 23.9 Å². The summed E-state index contributed by atoms with van der Waals surface area (Å²) in [6, 6.07) is 15.7. The summed E-state index contributed by atoms with van der Waals surface area (Å²) in [6.45, 7) is 2.04. The van der Waals surface area contributed by atoms with Crippen molar-refractivity contribution in [3.63, 3.8) is 0 Å². The van der Waals surface area contributed by atoms with Crippen LogP contribution in [0.25, 0.3) is 21.8 Å². The van der Waals surface area contributed by atoms with E-state index in [1.807, 2.05) is 50.4 Å². The lowest BCUT2D eigenvalue weighted by molar-refractivity contribution is -0.135. The molecule has 0 radical (unpaired) electrons. The number of pyridine rings is 1. The number of nitrogens with zero attached hydrogens (tertiary/aromatic N) is 2. The van der Waals surface area contributed by atoms with Crippen molar-refractivity contribution in [1.29, 1.82) is 0 Å². The van der Waals surface area contributed by atoms with E-state index in [2.05, 4.69) is 16.7 Å². The average Bonchev–Trinajstić information content (AvgIpc) is 2.96. The second kappa shape index (κ2) is 5.83. The second-order valence-corrected chi connectivity index (χ2v) is 7.43. The number of rotatable bonds is 1. The van der Waals surface area contributed by atoms with Gasteiger partial charge in [-0.15, -0.1) is 0 Å². The number of aromatic nitrogens is 2. The zero-order valence-corrected chi connectivity index (χ0v) is 16.0. The maximum absolute atomic E-state index is 13.3. The molecule has 0 amide bonds. The van der Waals surface area contributed by atoms with Crippen LogP contribution in [0.4, 0.5) is 0 Å². The predicted octanol–water partition coefficient (Wildman–Crippen LogP) is 3.78. The second-order valence-electron chi connectivity index (χ2n) is 7.43. The summed E-state index contributed by atoms with van der Waals surface area (Å²) in [4.78, 5) is 25.9. The van der Waals surface area contributed by atoms with Crippen LogP contribution in [0.2, 0.25) is 0 Å². The Labute approximate surface area is 161 Å². The molecule has 0 N–H and O–H groups in total. The fourth-order valence-corrected chi connectivity index (χ4v) is 4.57. The summed E-state index contributed by atoms with van der Waals surface area (Å²) < 4.78 is 9.41. The van der Waals surface area contributed by atoms with Crippen LogP contribution in [-0.4, -0.2) is 15.1 Å². The lowest BCUT2D eigenvalue weighted by atomic mass is 9.84. The van der Waals surface area contributed by atoms with Crippen LogP contribution in [0.15, 0.2) is 53.3 Å². The van der Waals surface area contributed by atoms with Gasteiger partial charge < -0.3 is 13.9 Å². The van der Waals surface area contributed by atoms with Crippen LogP contribution >= 0.6 is 0 Å². The van der Waals surface area contributed by atoms with Gasteiger partial charge in [-0.25, -0.2) is 0 Å². The van der Waals surface area contributed by atoms with Crippen LogP contribution < -0.4 is 10.3 Å². The van der Waals surface area contributed by atoms with Gasteiger partial charge in [-0.1, -0.05) is 30.3 Å². The summed E-state index contributed by atoms with van der Waals surface area (Å²) >= 11 is 0. The van der Waals surface area contributed by atoms with Gasteiger partial charge in [0.05, 0.1) is 17.5 Å². The predicted molar refractivity (Wildman–Crippen MR) is 109 cm³/mol. The minimum atomic E-state index is -0.328. The molecule has 0 saturated carbocycles. The molecule has 3 heterocycles. The summed E-state index contributed by atoms with van der Waals surface area (Å²) in [5.41, 5.74) is 4.40. The zero-order chi connectivity index (χ0) is 19.6. The van der Waals surface area contributed by atoms with Crippen molar-refractivity contribution in [3.05, 3.63) is 75.7 Å². The van der Waals surface area contributed by atoms with E-state index in [1.54, 1.807) is 11.6 Å². The van der Waals surface area contributed by atoms with Crippen molar-refractivity contribution < 1.29 is 9.53 Å². The van der Waals surface area contributed by atoms with E-state index >= 15 is 0 Å². The molecule has 1 aliphatic heterocycles. The third kappa shape index (κ3) is 2.13. The van der Waals surface area contributed by atoms with Gasteiger partial charge in [0.1, 0.15) is 5.75 Å². The number of benzene rings is 2. The molecule has 0 fully saturated rings. The number of hydrogen-bond donors (Lipinski definition) is 0. The minimum Gasteiger partial charge on any atom is -0.425 e. The van der Waals surface area contributed by atoms with Crippen LogP contribution in [0.3, 0.4) is 0 Å². The molecule has 0 aliphatic carbocycles. The normalized spacial score (nSPS) is 16.4. The minimum absolute atomic E-state index is 0.112. The Hall–Kier alpha value is -3.34. The Kier molecular flexibility index (Phi) is 3.50. The maximum Gasteiger partial charge on any atom is 0.312 e. The Bertz CT molecular complexity index is 1340. The van der Waals surface area contributed by atoms with Gasteiger partial charge >= 0.3 is 5.97 Å². The van der Waals surface area contributed by atoms with Gasteiger partial charge in [0.25, 0.3) is 5.56 Å². The van der Waals surface area contributed by atoms with E-state index in [0.29, 0.717) is 11.3 Å². The van der Waals surface area contributed by atoms with Crippen molar-refractivity contribution in [2.75, 3.05) is 0 Å². The van der Waals surface area contributed by atoms with Crippen molar-refractivity contribution >= 4 is 27.8 Å². The summed E-state index contributed by atoms with van der Waals surface area (Å²) in [5.74, 6) is -0.221. The molecule has 2 aromatic heterocycles. The van der Waals surface area contributed by atoms with Crippen LogP contribution in [0.5, 0.6) is 5.75 Å². The number of esters is 1. The highest BCUT2D eigenvalue weighted by Crippen LogP contribution is 2.44. The molecule has 0 spiro atoms. The molecule has 28 heavy (non-hydrogen) atoms. The molecular weight excluding hydrogens is 352 g/mol.